The highest BCUT2D eigenvalue weighted by Gasteiger charge is 2.49. The van der Waals surface area contributed by atoms with Gasteiger partial charge in [0, 0.05) is 30.4 Å². The lowest BCUT2D eigenvalue weighted by Crippen LogP contribution is -2.37. The molecule has 1 aromatic heterocycles. The summed E-state index contributed by atoms with van der Waals surface area (Å²) in [5.41, 5.74) is 2.49. The first-order chi connectivity index (χ1) is 14.1. The molecule has 1 saturated heterocycles. The van der Waals surface area contributed by atoms with Gasteiger partial charge in [0.2, 0.25) is 0 Å². The van der Waals surface area contributed by atoms with E-state index in [9.17, 15) is 14.7 Å². The molecule has 148 valence electrons. The van der Waals surface area contributed by atoms with Crippen LogP contribution in [0.2, 0.25) is 0 Å². The van der Waals surface area contributed by atoms with Crippen LogP contribution in [-0.4, -0.2) is 39.3 Å². The highest BCUT2D eigenvalue weighted by molar-refractivity contribution is 6.46. The van der Waals surface area contributed by atoms with E-state index in [0.717, 1.165) is 49.0 Å². The first-order valence-corrected chi connectivity index (χ1v) is 10.1. The highest BCUT2D eigenvalue weighted by atomic mass is 16.5. The summed E-state index contributed by atoms with van der Waals surface area (Å²) in [6, 6.07) is 8.45. The van der Waals surface area contributed by atoms with Gasteiger partial charge in [0.25, 0.3) is 11.7 Å². The normalized spacial score (nSPS) is 23.4. The molecule has 0 radical (unpaired) electrons. The van der Waals surface area contributed by atoms with Gasteiger partial charge in [-0.1, -0.05) is 12.8 Å². The third-order valence-corrected chi connectivity index (χ3v) is 6.18. The molecule has 1 saturated carbocycles. The molecular weight excluding hydrogens is 368 g/mol. The summed E-state index contributed by atoms with van der Waals surface area (Å²) in [5.74, 6) is -0.461. The average molecular weight is 390 g/mol. The lowest BCUT2D eigenvalue weighted by molar-refractivity contribution is -0.141. The third kappa shape index (κ3) is 2.90. The molecule has 1 N–H and O–H groups in total. The van der Waals surface area contributed by atoms with Gasteiger partial charge in [-0.2, -0.15) is 0 Å². The van der Waals surface area contributed by atoms with E-state index in [1.54, 1.807) is 23.4 Å². The Labute approximate surface area is 168 Å². The number of benzene rings is 1. The number of carbonyl (C=O) groups is 2. The summed E-state index contributed by atoms with van der Waals surface area (Å²) in [7, 11) is 0. The van der Waals surface area contributed by atoms with Gasteiger partial charge in [-0.3, -0.25) is 14.6 Å². The highest BCUT2D eigenvalue weighted by Crippen LogP contribution is 2.43. The van der Waals surface area contributed by atoms with Crippen LogP contribution in [0.4, 0.5) is 0 Å². The molecule has 29 heavy (non-hydrogen) atoms. The molecule has 2 aromatic rings. The van der Waals surface area contributed by atoms with Crippen LogP contribution in [0, 0.1) is 0 Å². The van der Waals surface area contributed by atoms with Gasteiger partial charge in [0.05, 0.1) is 18.2 Å². The molecule has 2 fully saturated rings. The van der Waals surface area contributed by atoms with E-state index < -0.39 is 17.7 Å². The summed E-state index contributed by atoms with van der Waals surface area (Å²) in [6.07, 6.45) is 7.91. The van der Waals surface area contributed by atoms with E-state index in [2.05, 4.69) is 4.98 Å². The number of fused-ring (bicyclic) bond motifs is 1. The average Bonchev–Trinajstić information content (AvgIpc) is 3.48. The topological polar surface area (TPSA) is 79.7 Å². The number of amides is 1. The minimum absolute atomic E-state index is 0.0170. The summed E-state index contributed by atoms with van der Waals surface area (Å²) in [6.45, 7) is 0.614. The van der Waals surface area contributed by atoms with Crippen LogP contribution >= 0.6 is 0 Å². The molecule has 6 heteroatoms. The lowest BCUT2D eigenvalue weighted by atomic mass is 9.94. The Balaban J connectivity index is 1.65. The number of aliphatic hydroxyl groups excluding tert-OH is 1. The molecular formula is C23H22N2O4. The molecule has 1 atom stereocenters. The van der Waals surface area contributed by atoms with E-state index in [1.807, 2.05) is 24.3 Å². The fraction of sp³-hybridized carbons (Fsp3) is 0.348. The number of likely N-dealkylation sites (tertiary alicyclic amines) is 1. The Hall–Kier alpha value is -3.15. The van der Waals surface area contributed by atoms with Crippen LogP contribution in [-0.2, 0) is 16.0 Å². The Kier molecular flexibility index (Phi) is 4.34. The van der Waals surface area contributed by atoms with Crippen molar-refractivity contribution in [2.45, 2.75) is 44.2 Å². The third-order valence-electron chi connectivity index (χ3n) is 6.18. The maximum atomic E-state index is 13.1. The number of carbonyl (C=O) groups excluding carboxylic acids is 2. The standard InChI is InChI=1S/C23H22N2O4/c26-21(16-5-6-18-15(13-16)9-12-29-18)19-20(14-7-10-24-11-8-14)25(23(28)22(19)27)17-3-1-2-4-17/h5-8,10-11,13,17,20,26H,1-4,9,12H2/b21-19-. The van der Waals surface area contributed by atoms with Crippen LogP contribution in [0.25, 0.3) is 5.76 Å². The summed E-state index contributed by atoms with van der Waals surface area (Å²) >= 11 is 0. The summed E-state index contributed by atoms with van der Waals surface area (Å²) in [5, 5.41) is 11.2. The second kappa shape index (κ2) is 7.03. The zero-order valence-electron chi connectivity index (χ0n) is 16.0. The summed E-state index contributed by atoms with van der Waals surface area (Å²) in [4.78, 5) is 31.8. The van der Waals surface area contributed by atoms with Gasteiger partial charge in [-0.25, -0.2) is 0 Å². The number of aliphatic hydroxyl groups is 1. The van der Waals surface area contributed by atoms with Gasteiger partial charge in [-0.15, -0.1) is 0 Å². The molecule has 6 nitrogen and oxygen atoms in total. The maximum Gasteiger partial charge on any atom is 0.295 e. The number of hydrogen-bond acceptors (Lipinski definition) is 5. The van der Waals surface area contributed by atoms with E-state index in [-0.39, 0.29) is 17.4 Å². The number of ketones is 1. The van der Waals surface area contributed by atoms with Crippen molar-refractivity contribution in [1.82, 2.24) is 9.88 Å². The molecule has 0 bridgehead atoms. The van der Waals surface area contributed by atoms with Gasteiger partial charge < -0.3 is 14.7 Å². The van der Waals surface area contributed by atoms with Crippen LogP contribution in [0.3, 0.4) is 0 Å². The minimum atomic E-state index is -0.618. The molecule has 1 aromatic carbocycles. The quantitative estimate of drug-likeness (QED) is 0.494. The Morgan fingerprint density at radius 1 is 1.10 bits per heavy atom. The Morgan fingerprint density at radius 2 is 1.86 bits per heavy atom. The smallest absolute Gasteiger partial charge is 0.295 e. The number of pyridine rings is 1. The van der Waals surface area contributed by atoms with Crippen molar-refractivity contribution in [3.8, 4) is 5.75 Å². The largest absolute Gasteiger partial charge is 0.507 e. The van der Waals surface area contributed by atoms with Crippen molar-refractivity contribution < 1.29 is 19.4 Å². The van der Waals surface area contributed by atoms with E-state index >= 15 is 0 Å². The predicted octanol–water partition coefficient (Wildman–Crippen LogP) is 3.38. The minimum Gasteiger partial charge on any atom is -0.507 e. The zero-order chi connectivity index (χ0) is 20.0. The van der Waals surface area contributed by atoms with Crippen molar-refractivity contribution >= 4 is 17.4 Å². The molecule has 0 spiro atoms. The fourth-order valence-electron chi connectivity index (χ4n) is 4.77. The molecule has 1 aliphatic carbocycles. The van der Waals surface area contributed by atoms with Crippen LogP contribution < -0.4 is 4.74 Å². The summed E-state index contributed by atoms with van der Waals surface area (Å²) < 4.78 is 5.54. The zero-order valence-corrected chi connectivity index (χ0v) is 16.0. The Bertz CT molecular complexity index is 1010. The maximum absolute atomic E-state index is 13.1. The number of nitrogens with zero attached hydrogens (tertiary/aromatic N) is 2. The van der Waals surface area contributed by atoms with E-state index in [1.165, 1.54) is 0 Å². The molecule has 1 amide bonds. The Morgan fingerprint density at radius 3 is 2.62 bits per heavy atom. The SMILES string of the molecule is O=C1C(=O)N(C2CCCC2)C(c2ccncc2)/C1=C(/O)c1ccc2c(c1)CCO2. The van der Waals surface area contributed by atoms with Crippen LogP contribution in [0.15, 0.2) is 48.3 Å². The predicted molar refractivity (Wildman–Crippen MR) is 106 cm³/mol. The van der Waals surface area contributed by atoms with Crippen LogP contribution in [0.5, 0.6) is 5.75 Å². The molecule has 3 heterocycles. The second-order valence-corrected chi connectivity index (χ2v) is 7.85. The van der Waals surface area contributed by atoms with Crippen molar-refractivity contribution in [2.75, 3.05) is 6.61 Å². The number of aromatic nitrogens is 1. The first-order valence-electron chi connectivity index (χ1n) is 10.1. The first kappa shape index (κ1) is 17.9. The second-order valence-electron chi connectivity index (χ2n) is 7.85. The number of rotatable bonds is 3. The van der Waals surface area contributed by atoms with Crippen molar-refractivity contribution in [3.63, 3.8) is 0 Å². The van der Waals surface area contributed by atoms with Gasteiger partial charge >= 0.3 is 0 Å². The van der Waals surface area contributed by atoms with Crippen molar-refractivity contribution in [1.29, 1.82) is 0 Å². The van der Waals surface area contributed by atoms with Gasteiger partial charge in [0.15, 0.2) is 0 Å². The number of ether oxygens (including phenoxy) is 1. The molecule has 5 rings (SSSR count). The molecule has 2 aliphatic heterocycles. The lowest BCUT2D eigenvalue weighted by Gasteiger charge is -2.30. The van der Waals surface area contributed by atoms with E-state index in [0.29, 0.717) is 12.2 Å². The van der Waals surface area contributed by atoms with Gasteiger partial charge in [0.1, 0.15) is 11.5 Å². The number of Topliss-reactive ketones (excluding diaryl/α,β-unsaturated/α-hetero) is 1. The van der Waals surface area contributed by atoms with Crippen molar-refractivity contribution in [3.05, 3.63) is 65.0 Å². The molecule has 3 aliphatic rings. The van der Waals surface area contributed by atoms with Crippen molar-refractivity contribution in [2.24, 2.45) is 0 Å². The number of hydrogen-bond donors (Lipinski definition) is 1. The monoisotopic (exact) mass is 390 g/mol. The van der Waals surface area contributed by atoms with Crippen LogP contribution in [0.1, 0.15) is 48.4 Å². The fourth-order valence-corrected chi connectivity index (χ4v) is 4.77. The van der Waals surface area contributed by atoms with Gasteiger partial charge in [-0.05, 0) is 54.3 Å². The molecule has 1 unspecified atom stereocenters. The van der Waals surface area contributed by atoms with E-state index in [4.69, 9.17) is 4.74 Å².